The summed E-state index contributed by atoms with van der Waals surface area (Å²) in [6, 6.07) is -0.00239. The summed E-state index contributed by atoms with van der Waals surface area (Å²) in [6.07, 6.45) is 1.43. The number of halogens is 2. The minimum absolute atomic E-state index is 0.00239. The van der Waals surface area contributed by atoms with Crippen LogP contribution in [-0.4, -0.2) is 24.3 Å². The molecule has 1 unspecified atom stereocenters. The van der Waals surface area contributed by atoms with Gasteiger partial charge in [-0.2, -0.15) is 0 Å². The molecule has 0 aromatic carbocycles. The first-order chi connectivity index (χ1) is 4.75. The summed E-state index contributed by atoms with van der Waals surface area (Å²) < 4.78 is 11.8. The van der Waals surface area contributed by atoms with Gasteiger partial charge in [0.25, 0.3) is 0 Å². The SMILES string of the molecule is CC1C(Cl)=CON1CCF. The fourth-order valence-corrected chi connectivity index (χ4v) is 0.924. The quantitative estimate of drug-likeness (QED) is 0.617. The van der Waals surface area contributed by atoms with Gasteiger partial charge in [-0.25, -0.2) is 4.39 Å². The highest BCUT2D eigenvalue weighted by Crippen LogP contribution is 2.21. The number of rotatable bonds is 2. The first-order valence-electron chi connectivity index (χ1n) is 3.10. The Bertz CT molecular complexity index is 151. The first kappa shape index (κ1) is 7.82. The van der Waals surface area contributed by atoms with Crippen LogP contribution < -0.4 is 0 Å². The van der Waals surface area contributed by atoms with Gasteiger partial charge < -0.3 is 4.84 Å². The Balaban J connectivity index is 2.40. The van der Waals surface area contributed by atoms with Crippen LogP contribution >= 0.6 is 11.6 Å². The molecule has 0 N–H and O–H groups in total. The Morgan fingerprint density at radius 3 is 3.00 bits per heavy atom. The maximum absolute atomic E-state index is 11.8. The maximum atomic E-state index is 11.8. The van der Waals surface area contributed by atoms with Crippen molar-refractivity contribution in [1.29, 1.82) is 0 Å². The van der Waals surface area contributed by atoms with E-state index in [1.54, 1.807) is 0 Å². The molecule has 58 valence electrons. The van der Waals surface area contributed by atoms with Crippen LogP contribution in [0.2, 0.25) is 0 Å². The Hall–Kier alpha value is -0.280. The van der Waals surface area contributed by atoms with Crippen LogP contribution in [0.15, 0.2) is 11.3 Å². The van der Waals surface area contributed by atoms with Crippen LogP contribution in [0.3, 0.4) is 0 Å². The third-order valence-corrected chi connectivity index (χ3v) is 1.84. The van der Waals surface area contributed by atoms with Gasteiger partial charge in [0.05, 0.1) is 17.6 Å². The monoisotopic (exact) mass is 165 g/mol. The minimum atomic E-state index is -0.414. The Morgan fingerprint density at radius 2 is 2.60 bits per heavy atom. The van der Waals surface area contributed by atoms with Crippen molar-refractivity contribution in [3.8, 4) is 0 Å². The summed E-state index contributed by atoms with van der Waals surface area (Å²) in [7, 11) is 0. The molecule has 1 heterocycles. The molecule has 1 atom stereocenters. The second-order valence-corrected chi connectivity index (χ2v) is 2.55. The van der Waals surface area contributed by atoms with Crippen LogP contribution in [0, 0.1) is 0 Å². The van der Waals surface area contributed by atoms with Gasteiger partial charge in [-0.3, -0.25) is 0 Å². The van der Waals surface area contributed by atoms with Crippen molar-refractivity contribution < 1.29 is 9.23 Å². The topological polar surface area (TPSA) is 12.5 Å². The zero-order valence-electron chi connectivity index (χ0n) is 5.68. The molecular formula is C6H9ClFNO. The van der Waals surface area contributed by atoms with E-state index in [1.165, 1.54) is 11.3 Å². The van der Waals surface area contributed by atoms with Crippen molar-refractivity contribution >= 4 is 11.6 Å². The van der Waals surface area contributed by atoms with Crippen molar-refractivity contribution in [2.45, 2.75) is 13.0 Å². The van der Waals surface area contributed by atoms with Crippen molar-refractivity contribution in [3.05, 3.63) is 11.3 Å². The van der Waals surface area contributed by atoms with Gasteiger partial charge in [0.2, 0.25) is 0 Å². The van der Waals surface area contributed by atoms with Crippen LogP contribution in [0.1, 0.15) is 6.92 Å². The van der Waals surface area contributed by atoms with Crippen molar-refractivity contribution in [2.75, 3.05) is 13.2 Å². The summed E-state index contributed by atoms with van der Waals surface area (Å²) >= 11 is 5.67. The Kier molecular flexibility index (Phi) is 2.51. The molecule has 0 amide bonds. The van der Waals surface area contributed by atoms with Crippen LogP contribution in [-0.2, 0) is 4.84 Å². The van der Waals surface area contributed by atoms with Crippen LogP contribution in [0.4, 0.5) is 4.39 Å². The Labute approximate surface area is 64.2 Å². The van der Waals surface area contributed by atoms with Gasteiger partial charge in [0, 0.05) is 0 Å². The van der Waals surface area contributed by atoms with Gasteiger partial charge in [-0.15, -0.1) is 5.06 Å². The van der Waals surface area contributed by atoms with Gasteiger partial charge >= 0.3 is 0 Å². The zero-order chi connectivity index (χ0) is 7.56. The van der Waals surface area contributed by atoms with E-state index in [1.807, 2.05) is 6.92 Å². The molecule has 0 aliphatic carbocycles. The van der Waals surface area contributed by atoms with Gasteiger partial charge in [-0.1, -0.05) is 11.6 Å². The lowest BCUT2D eigenvalue weighted by Crippen LogP contribution is -2.29. The molecule has 0 aromatic heterocycles. The predicted molar refractivity (Wildman–Crippen MR) is 37.2 cm³/mol. The molecule has 1 aliphatic heterocycles. The molecular weight excluding hydrogens is 157 g/mol. The van der Waals surface area contributed by atoms with Gasteiger partial charge in [0.1, 0.15) is 12.9 Å². The van der Waals surface area contributed by atoms with E-state index in [4.69, 9.17) is 16.4 Å². The van der Waals surface area contributed by atoms with Gasteiger partial charge in [0.15, 0.2) is 0 Å². The van der Waals surface area contributed by atoms with E-state index in [-0.39, 0.29) is 12.6 Å². The highest BCUT2D eigenvalue weighted by molar-refractivity contribution is 6.30. The molecule has 0 radical (unpaired) electrons. The number of hydroxylamine groups is 2. The largest absolute Gasteiger partial charge is 0.412 e. The molecule has 1 rings (SSSR count). The minimum Gasteiger partial charge on any atom is -0.412 e. The normalized spacial score (nSPS) is 26.3. The average Bonchev–Trinajstić information content (AvgIpc) is 2.20. The standard InChI is InChI=1S/C6H9ClFNO/c1-5-6(7)4-10-9(5)3-2-8/h4-5H,2-3H2,1H3. The van der Waals surface area contributed by atoms with Crippen molar-refractivity contribution in [3.63, 3.8) is 0 Å². The zero-order valence-corrected chi connectivity index (χ0v) is 6.44. The molecule has 0 saturated carbocycles. The first-order valence-corrected chi connectivity index (χ1v) is 3.48. The molecule has 0 aromatic rings. The van der Waals surface area contributed by atoms with E-state index >= 15 is 0 Å². The van der Waals surface area contributed by atoms with Crippen LogP contribution in [0.25, 0.3) is 0 Å². The summed E-state index contributed by atoms with van der Waals surface area (Å²) in [5, 5.41) is 2.12. The Morgan fingerprint density at radius 1 is 1.90 bits per heavy atom. The third-order valence-electron chi connectivity index (χ3n) is 1.44. The van der Waals surface area contributed by atoms with E-state index in [9.17, 15) is 4.39 Å². The smallest absolute Gasteiger partial charge is 0.127 e. The van der Waals surface area contributed by atoms with Gasteiger partial charge in [-0.05, 0) is 6.92 Å². The fraction of sp³-hybridized carbons (Fsp3) is 0.667. The highest BCUT2D eigenvalue weighted by Gasteiger charge is 2.23. The third kappa shape index (κ3) is 1.41. The van der Waals surface area contributed by atoms with E-state index in [0.717, 1.165) is 0 Å². The summed E-state index contributed by atoms with van der Waals surface area (Å²) in [5.74, 6) is 0. The van der Waals surface area contributed by atoms with Crippen molar-refractivity contribution in [2.24, 2.45) is 0 Å². The number of alkyl halides is 1. The van der Waals surface area contributed by atoms with E-state index < -0.39 is 6.67 Å². The lowest BCUT2D eigenvalue weighted by molar-refractivity contribution is -0.102. The molecule has 0 spiro atoms. The molecule has 10 heavy (non-hydrogen) atoms. The number of nitrogens with zero attached hydrogens (tertiary/aromatic N) is 1. The fourth-order valence-electron chi connectivity index (χ4n) is 0.775. The average molecular weight is 166 g/mol. The molecule has 0 bridgehead atoms. The molecule has 4 heteroatoms. The number of hydrogen-bond acceptors (Lipinski definition) is 2. The summed E-state index contributed by atoms with van der Waals surface area (Å²) in [6.45, 7) is 1.72. The van der Waals surface area contributed by atoms with E-state index in [0.29, 0.717) is 5.03 Å². The lowest BCUT2D eigenvalue weighted by atomic mass is 10.3. The second-order valence-electron chi connectivity index (χ2n) is 2.11. The summed E-state index contributed by atoms with van der Waals surface area (Å²) in [5.41, 5.74) is 0. The molecule has 2 nitrogen and oxygen atoms in total. The maximum Gasteiger partial charge on any atom is 0.127 e. The van der Waals surface area contributed by atoms with E-state index in [2.05, 4.69) is 0 Å². The molecule has 1 aliphatic rings. The van der Waals surface area contributed by atoms with Crippen molar-refractivity contribution in [1.82, 2.24) is 5.06 Å². The lowest BCUT2D eigenvalue weighted by Gasteiger charge is -2.17. The molecule has 0 fully saturated rings. The molecule has 0 saturated heterocycles. The van der Waals surface area contributed by atoms with Crippen LogP contribution in [0.5, 0.6) is 0 Å². The highest BCUT2D eigenvalue weighted by atomic mass is 35.5. The summed E-state index contributed by atoms with van der Waals surface area (Å²) in [4.78, 5) is 4.92. The second kappa shape index (κ2) is 3.21. The number of hydrogen-bond donors (Lipinski definition) is 0. The predicted octanol–water partition coefficient (Wildman–Crippen LogP) is 1.67.